The van der Waals surface area contributed by atoms with E-state index in [0.717, 1.165) is 42.8 Å². The Kier molecular flexibility index (Phi) is 4.53. The minimum Gasteiger partial charge on any atom is -0.380 e. The van der Waals surface area contributed by atoms with Gasteiger partial charge in [-0.05, 0) is 74.3 Å². The molecule has 9 rings (SSSR count). The molecular weight excluding hydrogens is 454 g/mol. The number of likely N-dealkylation sites (tertiary alicyclic amines) is 1. The van der Waals surface area contributed by atoms with Gasteiger partial charge in [0, 0.05) is 65.0 Å². The molecule has 1 spiro atoms. The summed E-state index contributed by atoms with van der Waals surface area (Å²) in [4.78, 5) is 8.75. The van der Waals surface area contributed by atoms with Crippen LogP contribution >= 0.6 is 0 Å². The summed E-state index contributed by atoms with van der Waals surface area (Å²) in [6, 6.07) is 13.2. The van der Waals surface area contributed by atoms with Gasteiger partial charge in [-0.3, -0.25) is 14.2 Å². The SMILES string of the molecule is C[C@@H]1Cc2c([nH]c3ccccc23)[C@H]2c3c(F)cc(NC4CN(CCCF)C4)cc3C3C4CCC3(C4)N21. The van der Waals surface area contributed by atoms with Crippen molar-refractivity contribution in [2.75, 3.05) is 31.6 Å². The summed E-state index contributed by atoms with van der Waals surface area (Å²) in [6.45, 7) is 4.72. The minimum absolute atomic E-state index is 0.0459. The molecule has 4 fully saturated rings. The van der Waals surface area contributed by atoms with Crippen LogP contribution in [0.5, 0.6) is 0 Å². The molecule has 2 bridgehead atoms. The van der Waals surface area contributed by atoms with Crippen molar-refractivity contribution in [2.45, 2.75) is 68.6 Å². The first-order valence-electron chi connectivity index (χ1n) is 13.8. The lowest BCUT2D eigenvalue weighted by Crippen LogP contribution is -2.65. The van der Waals surface area contributed by atoms with E-state index in [1.54, 1.807) is 6.07 Å². The zero-order valence-electron chi connectivity index (χ0n) is 20.9. The van der Waals surface area contributed by atoms with Crippen molar-refractivity contribution >= 4 is 16.6 Å². The Morgan fingerprint density at radius 1 is 1.19 bits per heavy atom. The summed E-state index contributed by atoms with van der Waals surface area (Å²) in [5.74, 6) is 1.05. The van der Waals surface area contributed by atoms with Crippen molar-refractivity contribution in [3.8, 4) is 0 Å². The van der Waals surface area contributed by atoms with E-state index < -0.39 is 0 Å². The van der Waals surface area contributed by atoms with Gasteiger partial charge in [0.1, 0.15) is 5.82 Å². The van der Waals surface area contributed by atoms with Gasteiger partial charge in [0.25, 0.3) is 0 Å². The highest BCUT2D eigenvalue weighted by Crippen LogP contribution is 2.71. The van der Waals surface area contributed by atoms with Crippen molar-refractivity contribution in [2.24, 2.45) is 5.92 Å². The van der Waals surface area contributed by atoms with E-state index in [2.05, 4.69) is 57.4 Å². The van der Waals surface area contributed by atoms with E-state index in [0.29, 0.717) is 30.3 Å². The molecule has 3 aromatic rings. The van der Waals surface area contributed by atoms with Gasteiger partial charge in [-0.25, -0.2) is 4.39 Å². The maximum Gasteiger partial charge on any atom is 0.130 e. The van der Waals surface area contributed by atoms with Crippen LogP contribution in [0.4, 0.5) is 14.5 Å². The molecule has 3 aliphatic carbocycles. The van der Waals surface area contributed by atoms with Gasteiger partial charge in [0.2, 0.25) is 0 Å². The Balaban J connectivity index is 1.22. The number of hydrogen-bond donors (Lipinski definition) is 2. The lowest BCUT2D eigenvalue weighted by atomic mass is 9.56. The van der Waals surface area contributed by atoms with Gasteiger partial charge < -0.3 is 10.3 Å². The molecule has 1 aromatic heterocycles. The highest BCUT2D eigenvalue weighted by molar-refractivity contribution is 5.85. The van der Waals surface area contributed by atoms with Crippen LogP contribution in [0.25, 0.3) is 10.9 Å². The molecule has 0 amide bonds. The first kappa shape index (κ1) is 21.6. The molecule has 4 nitrogen and oxygen atoms in total. The zero-order chi connectivity index (χ0) is 24.2. The van der Waals surface area contributed by atoms with Crippen LogP contribution in [0.2, 0.25) is 0 Å². The Bertz CT molecular complexity index is 1360. The Morgan fingerprint density at radius 3 is 2.89 bits per heavy atom. The number of halogens is 2. The number of aromatic amines is 1. The van der Waals surface area contributed by atoms with E-state index in [9.17, 15) is 4.39 Å². The van der Waals surface area contributed by atoms with Crippen molar-refractivity contribution in [3.05, 3.63) is 64.6 Å². The molecular formula is C30H34F2N4. The monoisotopic (exact) mass is 488 g/mol. The van der Waals surface area contributed by atoms with Gasteiger partial charge in [0.15, 0.2) is 0 Å². The van der Waals surface area contributed by atoms with Crippen molar-refractivity contribution < 1.29 is 8.78 Å². The molecule has 2 aromatic carbocycles. The fraction of sp³-hybridized carbons (Fsp3) is 0.533. The second-order valence-electron chi connectivity index (χ2n) is 12.1. The number of anilines is 1. The van der Waals surface area contributed by atoms with E-state index in [1.807, 2.05) is 0 Å². The largest absolute Gasteiger partial charge is 0.380 e. The third-order valence-electron chi connectivity index (χ3n) is 10.2. The molecule has 188 valence electrons. The molecule has 5 atom stereocenters. The minimum atomic E-state index is -0.260. The first-order valence-corrected chi connectivity index (χ1v) is 13.8. The number of hydrogen-bond acceptors (Lipinski definition) is 3. The maximum atomic E-state index is 16.3. The van der Waals surface area contributed by atoms with E-state index in [4.69, 9.17) is 0 Å². The molecule has 3 aliphatic heterocycles. The van der Waals surface area contributed by atoms with Gasteiger partial charge in [0.05, 0.1) is 18.8 Å². The quantitative estimate of drug-likeness (QED) is 0.480. The number of para-hydroxylation sites is 1. The van der Waals surface area contributed by atoms with Crippen LogP contribution in [0.15, 0.2) is 36.4 Å². The van der Waals surface area contributed by atoms with Crippen molar-refractivity contribution in [1.29, 1.82) is 0 Å². The normalized spacial score (nSPS) is 32.9. The smallest absolute Gasteiger partial charge is 0.130 e. The number of nitrogens with one attached hydrogen (secondary N) is 2. The van der Waals surface area contributed by atoms with Gasteiger partial charge >= 0.3 is 0 Å². The predicted molar refractivity (Wildman–Crippen MR) is 139 cm³/mol. The lowest BCUT2D eigenvalue weighted by molar-refractivity contribution is -0.0685. The summed E-state index contributed by atoms with van der Waals surface area (Å²) >= 11 is 0. The summed E-state index contributed by atoms with van der Waals surface area (Å²) in [7, 11) is 0. The van der Waals surface area contributed by atoms with Crippen LogP contribution in [0, 0.1) is 11.7 Å². The average molecular weight is 489 g/mol. The number of nitrogens with zero attached hydrogens (tertiary/aromatic N) is 2. The standard InChI is InChI=1S/C30H34F2N4/c1-17-11-22-21-5-2-3-6-25(21)34-28(22)29-26-23(27-18-7-8-30(27,14-18)36(17)29)12-19(13-24(26)32)33-20-15-35(16-20)10-4-9-31/h2-3,5-6,12-13,17-18,20,27,29,33-34H,4,7-11,14-16H2,1H3/t17-,18?,27?,29-,30?/m1/s1. The Morgan fingerprint density at radius 2 is 2.06 bits per heavy atom. The fourth-order valence-corrected chi connectivity index (χ4v) is 8.95. The molecule has 6 heteroatoms. The zero-order valence-corrected chi connectivity index (χ0v) is 20.9. The Hall–Kier alpha value is -2.44. The average Bonchev–Trinajstić information content (AvgIpc) is 3.52. The van der Waals surface area contributed by atoms with Gasteiger partial charge in [-0.1, -0.05) is 18.2 Å². The van der Waals surface area contributed by atoms with Gasteiger partial charge in [-0.15, -0.1) is 0 Å². The molecule has 3 unspecified atom stereocenters. The number of fused-ring (bicyclic) bond motifs is 8. The first-order chi connectivity index (χ1) is 17.6. The number of rotatable bonds is 5. The lowest BCUT2D eigenvalue weighted by Gasteiger charge is -2.63. The van der Waals surface area contributed by atoms with Crippen molar-refractivity contribution in [3.63, 3.8) is 0 Å². The molecule has 1 saturated heterocycles. The van der Waals surface area contributed by atoms with Crippen LogP contribution in [-0.2, 0) is 6.42 Å². The highest BCUT2D eigenvalue weighted by atomic mass is 19.1. The molecule has 6 aliphatic rings. The predicted octanol–water partition coefficient (Wildman–Crippen LogP) is 5.75. The van der Waals surface area contributed by atoms with E-state index >= 15 is 4.39 Å². The fourth-order valence-electron chi connectivity index (χ4n) is 8.95. The van der Waals surface area contributed by atoms with Crippen LogP contribution in [0.1, 0.15) is 67.0 Å². The number of alkyl halides is 1. The maximum absolute atomic E-state index is 16.3. The summed E-state index contributed by atoms with van der Waals surface area (Å²) in [5, 5.41) is 4.90. The molecule has 3 saturated carbocycles. The van der Waals surface area contributed by atoms with Crippen molar-refractivity contribution in [1.82, 2.24) is 14.8 Å². The second-order valence-corrected chi connectivity index (χ2v) is 12.1. The number of benzene rings is 2. The molecule has 0 radical (unpaired) electrons. The van der Waals surface area contributed by atoms with Crippen LogP contribution < -0.4 is 5.32 Å². The molecule has 2 N–H and O–H groups in total. The van der Waals surface area contributed by atoms with Crippen LogP contribution in [-0.4, -0.2) is 58.7 Å². The van der Waals surface area contributed by atoms with Crippen LogP contribution in [0.3, 0.4) is 0 Å². The molecule has 36 heavy (non-hydrogen) atoms. The summed E-state index contributed by atoms with van der Waals surface area (Å²) in [6.07, 6.45) is 5.34. The highest BCUT2D eigenvalue weighted by Gasteiger charge is 2.68. The summed E-state index contributed by atoms with van der Waals surface area (Å²) < 4.78 is 28.8. The number of H-pyrrole nitrogens is 1. The Labute approximate surface area is 211 Å². The van der Waals surface area contributed by atoms with Gasteiger partial charge in [-0.2, -0.15) is 0 Å². The number of aromatic nitrogens is 1. The third kappa shape index (κ3) is 2.75. The third-order valence-corrected chi connectivity index (χ3v) is 10.2. The summed E-state index contributed by atoms with van der Waals surface area (Å²) in [5.41, 5.74) is 6.99. The second kappa shape index (κ2) is 7.55. The van der Waals surface area contributed by atoms with E-state index in [-0.39, 0.29) is 24.1 Å². The molecule has 4 heterocycles. The topological polar surface area (TPSA) is 34.3 Å². The van der Waals surface area contributed by atoms with E-state index in [1.165, 1.54) is 41.5 Å².